The largest absolute Gasteiger partial charge is 0.311 e. The molecule has 2 heterocycles. The Morgan fingerprint density at radius 1 is 1.28 bits per heavy atom. The van der Waals surface area contributed by atoms with Gasteiger partial charge in [0, 0.05) is 19.8 Å². The normalized spacial score (nSPS) is 16.2. The molecule has 1 aromatic carbocycles. The number of amides is 1. The van der Waals surface area contributed by atoms with E-state index in [2.05, 4.69) is 9.82 Å². The fraction of sp³-hybridized carbons (Fsp3) is 0.412. The third-order valence-corrected chi connectivity index (χ3v) is 5.94. The minimum absolute atomic E-state index is 0.0112. The molecule has 0 radical (unpaired) electrons. The first-order chi connectivity index (χ1) is 11.6. The lowest BCUT2D eigenvalue weighted by atomic mass is 9.85. The molecule has 2 aromatic rings. The van der Waals surface area contributed by atoms with E-state index in [1.807, 2.05) is 27.7 Å². The highest BCUT2D eigenvalue weighted by Gasteiger charge is 2.44. The second kappa shape index (κ2) is 5.59. The molecule has 1 aromatic heterocycles. The first-order valence-corrected chi connectivity index (χ1v) is 9.55. The summed E-state index contributed by atoms with van der Waals surface area (Å²) in [5, 5.41) is 3.96. The van der Waals surface area contributed by atoms with Crippen LogP contribution in [0.15, 0.2) is 29.4 Å². The molecule has 134 valence electrons. The predicted molar refractivity (Wildman–Crippen MR) is 96.2 cm³/mol. The number of rotatable bonds is 4. The minimum atomic E-state index is -3.77. The molecule has 1 amide bonds. The van der Waals surface area contributed by atoms with Crippen LogP contribution in [-0.2, 0) is 27.3 Å². The standard InChI is InChI=1S/C17H22N4O3S/c1-6-21-15-11(2)7-13(8-14(15)17(3,4)16(21)22)25(23,24)19-12-9-18-20(5)10-12/h7-10,19H,6H2,1-5H3. The molecule has 1 aliphatic rings. The van der Waals surface area contributed by atoms with Crippen LogP contribution in [0.4, 0.5) is 11.4 Å². The molecule has 3 rings (SSSR count). The lowest BCUT2D eigenvalue weighted by molar-refractivity contribution is -0.122. The second-order valence-corrected chi connectivity index (χ2v) is 8.50. The van der Waals surface area contributed by atoms with Crippen LogP contribution >= 0.6 is 0 Å². The summed E-state index contributed by atoms with van der Waals surface area (Å²) >= 11 is 0. The van der Waals surface area contributed by atoms with Crippen LogP contribution in [0, 0.1) is 6.92 Å². The van der Waals surface area contributed by atoms with Crippen molar-refractivity contribution in [1.29, 1.82) is 0 Å². The summed E-state index contributed by atoms with van der Waals surface area (Å²) in [5.41, 5.74) is 1.97. The Morgan fingerprint density at radius 2 is 1.96 bits per heavy atom. The molecule has 0 unspecified atom stereocenters. The number of carbonyl (C=O) groups is 1. The van der Waals surface area contributed by atoms with E-state index in [0.29, 0.717) is 12.2 Å². The summed E-state index contributed by atoms with van der Waals surface area (Å²) < 4.78 is 29.6. The van der Waals surface area contributed by atoms with Gasteiger partial charge in [0.1, 0.15) is 0 Å². The molecule has 1 N–H and O–H groups in total. The number of nitrogens with one attached hydrogen (secondary N) is 1. The third-order valence-electron chi connectivity index (χ3n) is 4.58. The Bertz CT molecular complexity index is 960. The number of aromatic nitrogens is 2. The summed E-state index contributed by atoms with van der Waals surface area (Å²) in [6, 6.07) is 3.21. The van der Waals surface area contributed by atoms with Gasteiger partial charge in [-0.15, -0.1) is 0 Å². The van der Waals surface area contributed by atoms with Crippen LogP contribution in [0.2, 0.25) is 0 Å². The molecule has 0 aliphatic carbocycles. The first kappa shape index (κ1) is 17.5. The van der Waals surface area contributed by atoms with E-state index >= 15 is 0 Å². The Balaban J connectivity index is 2.10. The highest BCUT2D eigenvalue weighted by molar-refractivity contribution is 7.92. The Labute approximate surface area is 147 Å². The maximum atomic E-state index is 12.8. The Kier molecular flexibility index (Phi) is 3.90. The summed E-state index contributed by atoms with van der Waals surface area (Å²) in [7, 11) is -2.06. The summed E-state index contributed by atoms with van der Waals surface area (Å²) in [4.78, 5) is 14.5. The van der Waals surface area contributed by atoms with Crippen LogP contribution < -0.4 is 9.62 Å². The smallest absolute Gasteiger partial charge is 0.262 e. The number of likely N-dealkylation sites (N-methyl/N-ethyl adjacent to an activating group) is 1. The molecule has 0 atom stereocenters. The number of sulfonamides is 1. The van der Waals surface area contributed by atoms with Crippen molar-refractivity contribution in [3.05, 3.63) is 35.7 Å². The van der Waals surface area contributed by atoms with E-state index in [0.717, 1.165) is 16.8 Å². The van der Waals surface area contributed by atoms with E-state index in [1.165, 1.54) is 10.9 Å². The SMILES string of the molecule is CCN1C(=O)C(C)(C)c2cc(S(=O)(=O)Nc3cnn(C)c3)cc(C)c21. The maximum absolute atomic E-state index is 12.8. The Morgan fingerprint density at radius 3 is 2.52 bits per heavy atom. The van der Waals surface area contributed by atoms with Crippen molar-refractivity contribution < 1.29 is 13.2 Å². The van der Waals surface area contributed by atoms with Crippen LogP contribution in [0.25, 0.3) is 0 Å². The quantitative estimate of drug-likeness (QED) is 0.903. The highest BCUT2D eigenvalue weighted by Crippen LogP contribution is 2.44. The Hall–Kier alpha value is -2.35. The lowest BCUT2D eigenvalue weighted by Gasteiger charge is -2.18. The molecule has 1 aliphatic heterocycles. The summed E-state index contributed by atoms with van der Waals surface area (Å²) in [6.45, 7) is 7.95. The monoisotopic (exact) mass is 362 g/mol. The molecule has 8 heteroatoms. The molecule has 0 saturated carbocycles. The minimum Gasteiger partial charge on any atom is -0.311 e. The van der Waals surface area contributed by atoms with Gasteiger partial charge in [-0.1, -0.05) is 0 Å². The van der Waals surface area contributed by atoms with E-state index in [4.69, 9.17) is 0 Å². The molecule has 0 saturated heterocycles. The van der Waals surface area contributed by atoms with Gasteiger partial charge in [0.05, 0.1) is 27.9 Å². The molecule has 7 nitrogen and oxygen atoms in total. The number of hydrogen-bond acceptors (Lipinski definition) is 4. The average Bonchev–Trinajstić information content (AvgIpc) is 3.00. The fourth-order valence-electron chi connectivity index (χ4n) is 3.28. The van der Waals surface area contributed by atoms with Crippen LogP contribution in [0.3, 0.4) is 0 Å². The highest BCUT2D eigenvalue weighted by atomic mass is 32.2. The number of anilines is 2. The number of nitrogens with zero attached hydrogens (tertiary/aromatic N) is 3. The van der Waals surface area contributed by atoms with Gasteiger partial charge in [-0.25, -0.2) is 8.42 Å². The van der Waals surface area contributed by atoms with Crippen LogP contribution in [0.1, 0.15) is 31.9 Å². The van der Waals surface area contributed by atoms with Crippen molar-refractivity contribution in [3.63, 3.8) is 0 Å². The number of fused-ring (bicyclic) bond motifs is 1. The van der Waals surface area contributed by atoms with Gasteiger partial charge in [0.25, 0.3) is 10.0 Å². The van der Waals surface area contributed by atoms with Gasteiger partial charge in [0.15, 0.2) is 0 Å². The first-order valence-electron chi connectivity index (χ1n) is 8.06. The molecule has 0 bridgehead atoms. The van der Waals surface area contributed by atoms with Gasteiger partial charge in [0.2, 0.25) is 5.91 Å². The molecule has 0 spiro atoms. The number of aryl methyl sites for hydroxylation is 2. The van der Waals surface area contributed by atoms with Gasteiger partial charge in [-0.3, -0.25) is 14.2 Å². The van der Waals surface area contributed by atoms with Gasteiger partial charge in [-0.2, -0.15) is 5.10 Å². The van der Waals surface area contributed by atoms with E-state index in [-0.39, 0.29) is 10.8 Å². The summed E-state index contributed by atoms with van der Waals surface area (Å²) in [6.07, 6.45) is 3.04. The van der Waals surface area contributed by atoms with Crippen molar-refractivity contribution in [2.75, 3.05) is 16.2 Å². The maximum Gasteiger partial charge on any atom is 0.262 e. The van der Waals surface area contributed by atoms with E-state index in [9.17, 15) is 13.2 Å². The zero-order chi connectivity index (χ0) is 18.6. The average molecular weight is 362 g/mol. The van der Waals surface area contributed by atoms with Gasteiger partial charge >= 0.3 is 0 Å². The fourth-order valence-corrected chi connectivity index (χ4v) is 4.42. The van der Waals surface area contributed by atoms with Crippen molar-refractivity contribution >= 4 is 27.3 Å². The summed E-state index contributed by atoms with van der Waals surface area (Å²) in [5.74, 6) is -0.0112. The van der Waals surface area contributed by atoms with Gasteiger partial charge in [-0.05, 0) is 51.0 Å². The second-order valence-electron chi connectivity index (χ2n) is 6.82. The van der Waals surface area contributed by atoms with Crippen LogP contribution in [0.5, 0.6) is 0 Å². The van der Waals surface area contributed by atoms with Crippen LogP contribution in [-0.4, -0.2) is 30.7 Å². The number of carbonyl (C=O) groups excluding carboxylic acids is 1. The molecule has 25 heavy (non-hydrogen) atoms. The van der Waals surface area contributed by atoms with Crippen molar-refractivity contribution in [2.24, 2.45) is 7.05 Å². The molecular formula is C17H22N4O3S. The van der Waals surface area contributed by atoms with E-state index < -0.39 is 15.4 Å². The zero-order valence-electron chi connectivity index (χ0n) is 15.0. The third kappa shape index (κ3) is 2.70. The topological polar surface area (TPSA) is 84.3 Å². The lowest BCUT2D eigenvalue weighted by Crippen LogP contribution is -2.36. The number of benzene rings is 1. The molecular weight excluding hydrogens is 340 g/mol. The van der Waals surface area contributed by atoms with Crippen molar-refractivity contribution in [1.82, 2.24) is 9.78 Å². The van der Waals surface area contributed by atoms with Crippen molar-refractivity contribution in [3.8, 4) is 0 Å². The van der Waals surface area contributed by atoms with Gasteiger partial charge < -0.3 is 4.90 Å². The van der Waals surface area contributed by atoms with E-state index in [1.54, 1.807) is 30.3 Å². The van der Waals surface area contributed by atoms with Crippen molar-refractivity contribution in [2.45, 2.75) is 38.0 Å². The number of hydrogen-bond donors (Lipinski definition) is 1. The molecule has 0 fully saturated rings. The zero-order valence-corrected chi connectivity index (χ0v) is 15.8. The predicted octanol–water partition coefficient (Wildman–Crippen LogP) is 2.17.